The fourth-order valence-electron chi connectivity index (χ4n) is 0.954. The van der Waals surface area contributed by atoms with Crippen LogP contribution in [0.3, 0.4) is 0 Å². The Morgan fingerprint density at radius 3 is 2.54 bits per heavy atom. The SMILES string of the molecule is Cc1cccc(C(F)(F)C(=O)Cl)c1. The van der Waals surface area contributed by atoms with Crippen LogP contribution in [0.1, 0.15) is 11.1 Å². The van der Waals surface area contributed by atoms with Crippen molar-refractivity contribution in [1.29, 1.82) is 0 Å². The van der Waals surface area contributed by atoms with E-state index in [1.54, 1.807) is 13.0 Å². The second-order valence-electron chi connectivity index (χ2n) is 2.72. The van der Waals surface area contributed by atoms with Crippen molar-refractivity contribution in [2.24, 2.45) is 0 Å². The number of benzene rings is 1. The molecule has 4 heteroatoms. The highest BCUT2D eigenvalue weighted by Gasteiger charge is 2.39. The fourth-order valence-corrected chi connectivity index (χ4v) is 1.06. The van der Waals surface area contributed by atoms with Gasteiger partial charge in [-0.1, -0.05) is 23.8 Å². The molecule has 13 heavy (non-hydrogen) atoms. The van der Waals surface area contributed by atoms with Crippen molar-refractivity contribution >= 4 is 16.8 Å². The van der Waals surface area contributed by atoms with Gasteiger partial charge in [-0.25, -0.2) is 0 Å². The second kappa shape index (κ2) is 3.42. The first-order chi connectivity index (χ1) is 5.94. The molecular formula is C9H7ClF2O. The molecule has 0 aliphatic carbocycles. The van der Waals surface area contributed by atoms with Crippen LogP contribution in [-0.2, 0) is 10.7 Å². The average molecular weight is 205 g/mol. The van der Waals surface area contributed by atoms with Crippen LogP contribution in [0, 0.1) is 6.92 Å². The first-order valence-electron chi connectivity index (χ1n) is 3.59. The van der Waals surface area contributed by atoms with Crippen molar-refractivity contribution in [2.45, 2.75) is 12.8 Å². The van der Waals surface area contributed by atoms with E-state index in [-0.39, 0.29) is 5.56 Å². The van der Waals surface area contributed by atoms with E-state index in [0.29, 0.717) is 5.56 Å². The molecule has 0 unspecified atom stereocenters. The van der Waals surface area contributed by atoms with E-state index in [0.717, 1.165) is 0 Å². The van der Waals surface area contributed by atoms with Gasteiger partial charge in [0.2, 0.25) is 0 Å². The van der Waals surface area contributed by atoms with E-state index in [2.05, 4.69) is 0 Å². The maximum Gasteiger partial charge on any atom is 0.345 e. The number of halogens is 3. The summed E-state index contributed by atoms with van der Waals surface area (Å²) in [6, 6.07) is 5.53. The molecule has 1 aromatic rings. The van der Waals surface area contributed by atoms with Crippen molar-refractivity contribution in [3.05, 3.63) is 35.4 Å². The van der Waals surface area contributed by atoms with Gasteiger partial charge in [-0.2, -0.15) is 8.78 Å². The van der Waals surface area contributed by atoms with Crippen LogP contribution in [0.5, 0.6) is 0 Å². The standard InChI is InChI=1S/C9H7ClF2O/c1-6-3-2-4-7(5-6)9(11,12)8(10)13/h2-5H,1H3. The first kappa shape index (κ1) is 10.1. The summed E-state index contributed by atoms with van der Waals surface area (Å²) < 4.78 is 26.0. The minimum atomic E-state index is -3.59. The molecule has 0 spiro atoms. The van der Waals surface area contributed by atoms with Gasteiger partial charge in [-0.3, -0.25) is 4.79 Å². The van der Waals surface area contributed by atoms with Gasteiger partial charge in [0.15, 0.2) is 0 Å². The molecule has 0 saturated heterocycles. The minimum Gasteiger partial charge on any atom is -0.274 e. The second-order valence-corrected chi connectivity index (χ2v) is 3.06. The highest BCUT2D eigenvalue weighted by Crippen LogP contribution is 2.30. The lowest BCUT2D eigenvalue weighted by Gasteiger charge is -2.11. The zero-order chi connectivity index (χ0) is 10.1. The van der Waals surface area contributed by atoms with E-state index in [9.17, 15) is 13.6 Å². The number of hydrogen-bond acceptors (Lipinski definition) is 1. The summed E-state index contributed by atoms with van der Waals surface area (Å²) in [6.07, 6.45) is 0. The third kappa shape index (κ3) is 2.04. The molecule has 0 radical (unpaired) electrons. The zero-order valence-electron chi connectivity index (χ0n) is 6.85. The molecule has 0 aliphatic heterocycles. The monoisotopic (exact) mass is 204 g/mol. The topological polar surface area (TPSA) is 17.1 Å². The molecule has 0 N–H and O–H groups in total. The lowest BCUT2D eigenvalue weighted by atomic mass is 10.1. The van der Waals surface area contributed by atoms with E-state index in [1.165, 1.54) is 18.2 Å². The summed E-state index contributed by atoms with van der Waals surface area (Å²) in [7, 11) is 0. The van der Waals surface area contributed by atoms with Crippen LogP contribution in [0.25, 0.3) is 0 Å². The van der Waals surface area contributed by atoms with E-state index >= 15 is 0 Å². The number of aryl methyl sites for hydroxylation is 1. The summed E-state index contributed by atoms with van der Waals surface area (Å²) in [5, 5.41) is -1.65. The Balaban J connectivity index is 3.14. The van der Waals surface area contributed by atoms with Crippen LogP contribution in [-0.4, -0.2) is 5.24 Å². The molecule has 0 saturated carbocycles. The smallest absolute Gasteiger partial charge is 0.274 e. The fraction of sp³-hybridized carbons (Fsp3) is 0.222. The molecule has 0 bridgehead atoms. The lowest BCUT2D eigenvalue weighted by Crippen LogP contribution is -2.21. The molecule has 0 aliphatic rings. The number of carbonyl (C=O) groups is 1. The summed E-state index contributed by atoms with van der Waals surface area (Å²) >= 11 is 4.77. The van der Waals surface area contributed by atoms with Crippen molar-refractivity contribution in [3.8, 4) is 0 Å². The van der Waals surface area contributed by atoms with Gasteiger partial charge in [0.05, 0.1) is 0 Å². The zero-order valence-corrected chi connectivity index (χ0v) is 7.61. The number of alkyl halides is 2. The molecule has 0 fully saturated rings. The predicted molar refractivity (Wildman–Crippen MR) is 45.9 cm³/mol. The molecule has 0 aromatic heterocycles. The van der Waals surface area contributed by atoms with Crippen LogP contribution in [0.4, 0.5) is 8.78 Å². The van der Waals surface area contributed by atoms with Crippen LogP contribution < -0.4 is 0 Å². The normalized spacial score (nSPS) is 11.4. The number of hydrogen-bond donors (Lipinski definition) is 0. The molecule has 70 valence electrons. The van der Waals surface area contributed by atoms with Crippen molar-refractivity contribution in [2.75, 3.05) is 0 Å². The van der Waals surface area contributed by atoms with Gasteiger partial charge in [-0.05, 0) is 24.6 Å². The van der Waals surface area contributed by atoms with Crippen molar-refractivity contribution in [1.82, 2.24) is 0 Å². The summed E-state index contributed by atoms with van der Waals surface area (Å²) in [5.74, 6) is -3.59. The van der Waals surface area contributed by atoms with Gasteiger partial charge in [0.25, 0.3) is 5.24 Å². The minimum absolute atomic E-state index is 0.368. The molecule has 0 amide bonds. The Morgan fingerprint density at radius 1 is 1.46 bits per heavy atom. The van der Waals surface area contributed by atoms with Gasteiger partial charge in [0, 0.05) is 5.56 Å². The molecule has 0 heterocycles. The Bertz CT molecular complexity index is 336. The number of carbonyl (C=O) groups excluding carboxylic acids is 1. The maximum atomic E-state index is 13.0. The quantitative estimate of drug-likeness (QED) is 0.677. The average Bonchev–Trinajstić information content (AvgIpc) is 2.04. The van der Waals surface area contributed by atoms with Gasteiger partial charge in [0.1, 0.15) is 0 Å². The van der Waals surface area contributed by atoms with E-state index in [4.69, 9.17) is 11.6 Å². The number of rotatable bonds is 2. The van der Waals surface area contributed by atoms with E-state index in [1.807, 2.05) is 0 Å². The summed E-state index contributed by atoms with van der Waals surface area (Å²) in [4.78, 5) is 10.4. The third-order valence-corrected chi connectivity index (χ3v) is 1.86. The maximum absolute atomic E-state index is 13.0. The van der Waals surface area contributed by atoms with E-state index < -0.39 is 11.2 Å². The van der Waals surface area contributed by atoms with Crippen LogP contribution >= 0.6 is 11.6 Å². The molecular weight excluding hydrogens is 198 g/mol. The summed E-state index contributed by atoms with van der Waals surface area (Å²) in [6.45, 7) is 1.66. The third-order valence-electron chi connectivity index (χ3n) is 1.63. The van der Waals surface area contributed by atoms with Gasteiger partial charge in [-0.15, -0.1) is 0 Å². The van der Waals surface area contributed by atoms with Crippen molar-refractivity contribution < 1.29 is 13.6 Å². The van der Waals surface area contributed by atoms with Crippen molar-refractivity contribution in [3.63, 3.8) is 0 Å². The Hall–Kier alpha value is -0.960. The largest absolute Gasteiger partial charge is 0.345 e. The molecule has 1 nitrogen and oxygen atoms in total. The highest BCUT2D eigenvalue weighted by molar-refractivity contribution is 6.65. The first-order valence-corrected chi connectivity index (χ1v) is 3.97. The summed E-state index contributed by atoms with van der Waals surface area (Å²) in [5.41, 5.74) is 0.294. The highest BCUT2D eigenvalue weighted by atomic mass is 35.5. The molecule has 0 atom stereocenters. The Morgan fingerprint density at radius 2 is 2.08 bits per heavy atom. The van der Waals surface area contributed by atoms with Gasteiger partial charge < -0.3 is 0 Å². The Labute approximate surface area is 79.3 Å². The Kier molecular flexibility index (Phi) is 2.66. The molecule has 1 aromatic carbocycles. The van der Waals surface area contributed by atoms with Crippen LogP contribution in [0.15, 0.2) is 24.3 Å². The van der Waals surface area contributed by atoms with Crippen LogP contribution in [0.2, 0.25) is 0 Å². The predicted octanol–water partition coefficient (Wildman–Crippen LogP) is 2.85. The lowest BCUT2D eigenvalue weighted by molar-refractivity contribution is -0.135. The molecule has 1 rings (SSSR count). The van der Waals surface area contributed by atoms with Gasteiger partial charge >= 0.3 is 5.92 Å².